The van der Waals surface area contributed by atoms with Gasteiger partial charge in [0.2, 0.25) is 0 Å². The molecule has 0 aromatic rings. The van der Waals surface area contributed by atoms with Crippen molar-refractivity contribution in [1.82, 2.24) is 0 Å². The molecular weight excluding hydrogens is 208 g/mol. The maximum atomic E-state index is 10.9. The Morgan fingerprint density at radius 2 is 1.67 bits per heavy atom. The molecule has 0 aliphatic carbocycles. The van der Waals surface area contributed by atoms with Crippen molar-refractivity contribution in [2.45, 2.75) is 46.5 Å². The van der Waals surface area contributed by atoms with E-state index in [4.69, 9.17) is 11.6 Å². The minimum Gasteiger partial charge on any atom is -0.298 e. The SMILES string of the molecule is CC(C)=CCC/C(C)=C/CCC(=O)CCl. The fourth-order valence-corrected chi connectivity index (χ4v) is 1.37. The molecule has 15 heavy (non-hydrogen) atoms. The number of carbonyl (C=O) groups is 1. The monoisotopic (exact) mass is 228 g/mol. The van der Waals surface area contributed by atoms with Gasteiger partial charge in [-0.15, -0.1) is 11.6 Å². The van der Waals surface area contributed by atoms with Gasteiger partial charge in [0.25, 0.3) is 0 Å². The fourth-order valence-electron chi connectivity index (χ4n) is 1.24. The Hall–Kier alpha value is -0.560. The standard InChI is InChI=1S/C13H21ClO/c1-11(2)6-4-7-12(3)8-5-9-13(15)10-14/h6,8H,4-5,7,9-10H2,1-3H3/b12-8+. The molecule has 1 nitrogen and oxygen atoms in total. The van der Waals surface area contributed by atoms with E-state index in [2.05, 4.69) is 32.9 Å². The molecule has 0 spiro atoms. The van der Waals surface area contributed by atoms with Gasteiger partial charge < -0.3 is 0 Å². The number of rotatable bonds is 7. The molecule has 0 aliphatic heterocycles. The van der Waals surface area contributed by atoms with Gasteiger partial charge in [0, 0.05) is 6.42 Å². The van der Waals surface area contributed by atoms with E-state index in [0.29, 0.717) is 6.42 Å². The van der Waals surface area contributed by atoms with Crippen LogP contribution in [0.15, 0.2) is 23.3 Å². The van der Waals surface area contributed by atoms with Crippen LogP contribution in [-0.4, -0.2) is 11.7 Å². The predicted octanol–water partition coefficient (Wildman–Crippen LogP) is 4.27. The van der Waals surface area contributed by atoms with E-state index >= 15 is 0 Å². The number of carbonyl (C=O) groups excluding carboxylic acids is 1. The smallest absolute Gasteiger partial charge is 0.147 e. The van der Waals surface area contributed by atoms with Crippen LogP contribution in [0.25, 0.3) is 0 Å². The first kappa shape index (κ1) is 14.4. The zero-order valence-electron chi connectivity index (χ0n) is 9.98. The third-order valence-corrected chi connectivity index (χ3v) is 2.45. The van der Waals surface area contributed by atoms with E-state index in [1.54, 1.807) is 0 Å². The molecule has 0 heterocycles. The Morgan fingerprint density at radius 1 is 1.07 bits per heavy atom. The van der Waals surface area contributed by atoms with E-state index in [-0.39, 0.29) is 11.7 Å². The van der Waals surface area contributed by atoms with Crippen LogP contribution in [0.2, 0.25) is 0 Å². The van der Waals surface area contributed by atoms with Crippen LogP contribution in [-0.2, 0) is 4.79 Å². The topological polar surface area (TPSA) is 17.1 Å². The molecule has 0 radical (unpaired) electrons. The first-order valence-corrected chi connectivity index (χ1v) is 5.96. The van der Waals surface area contributed by atoms with Gasteiger partial charge in [-0.1, -0.05) is 23.3 Å². The number of ketones is 1. The van der Waals surface area contributed by atoms with Gasteiger partial charge in [-0.2, -0.15) is 0 Å². The van der Waals surface area contributed by atoms with Crippen molar-refractivity contribution in [3.05, 3.63) is 23.3 Å². The van der Waals surface area contributed by atoms with Crippen molar-refractivity contribution in [2.75, 3.05) is 5.88 Å². The summed E-state index contributed by atoms with van der Waals surface area (Å²) in [6, 6.07) is 0. The second-order valence-corrected chi connectivity index (χ2v) is 4.35. The van der Waals surface area contributed by atoms with Crippen LogP contribution >= 0.6 is 11.6 Å². The summed E-state index contributed by atoms with van der Waals surface area (Å²) < 4.78 is 0. The number of allylic oxidation sites excluding steroid dienone is 4. The van der Waals surface area contributed by atoms with E-state index in [1.165, 1.54) is 11.1 Å². The lowest BCUT2D eigenvalue weighted by Gasteiger charge is -1.99. The van der Waals surface area contributed by atoms with Gasteiger partial charge in [-0.05, 0) is 40.0 Å². The maximum absolute atomic E-state index is 10.9. The van der Waals surface area contributed by atoms with E-state index in [9.17, 15) is 4.79 Å². The molecule has 0 amide bonds. The summed E-state index contributed by atoms with van der Waals surface area (Å²) in [6.07, 6.45) is 7.95. The van der Waals surface area contributed by atoms with E-state index < -0.39 is 0 Å². The highest BCUT2D eigenvalue weighted by Gasteiger charge is 1.97. The Balaban J connectivity index is 3.70. The fraction of sp³-hybridized carbons (Fsp3) is 0.615. The molecule has 0 rings (SSSR count). The summed E-state index contributed by atoms with van der Waals surface area (Å²) in [5.74, 6) is 0.273. The zero-order chi connectivity index (χ0) is 11.7. The Morgan fingerprint density at radius 3 is 2.20 bits per heavy atom. The van der Waals surface area contributed by atoms with Gasteiger partial charge in [0.15, 0.2) is 0 Å². The highest BCUT2D eigenvalue weighted by Crippen LogP contribution is 2.08. The third kappa shape index (κ3) is 9.74. The van der Waals surface area contributed by atoms with Gasteiger partial charge in [-0.3, -0.25) is 4.79 Å². The third-order valence-electron chi connectivity index (χ3n) is 2.16. The number of alkyl halides is 1. The Labute approximate surface area is 98.2 Å². The first-order chi connectivity index (χ1) is 7.06. The number of hydrogen-bond donors (Lipinski definition) is 0. The predicted molar refractivity (Wildman–Crippen MR) is 67.4 cm³/mol. The van der Waals surface area contributed by atoms with Crippen LogP contribution in [0.1, 0.15) is 46.5 Å². The van der Waals surface area contributed by atoms with E-state index in [0.717, 1.165) is 19.3 Å². The number of hydrogen-bond acceptors (Lipinski definition) is 1. The van der Waals surface area contributed by atoms with Crippen LogP contribution in [0.5, 0.6) is 0 Å². The quantitative estimate of drug-likeness (QED) is 0.470. The highest BCUT2D eigenvalue weighted by molar-refractivity contribution is 6.27. The first-order valence-electron chi connectivity index (χ1n) is 5.43. The molecule has 0 atom stereocenters. The zero-order valence-corrected chi connectivity index (χ0v) is 10.7. The summed E-state index contributed by atoms with van der Waals surface area (Å²) in [6.45, 7) is 6.33. The maximum Gasteiger partial charge on any atom is 0.147 e. The van der Waals surface area contributed by atoms with Gasteiger partial charge >= 0.3 is 0 Å². The molecule has 0 bridgehead atoms. The number of halogens is 1. The average Bonchev–Trinajstić information content (AvgIpc) is 2.17. The average molecular weight is 229 g/mol. The van der Waals surface area contributed by atoms with Crippen molar-refractivity contribution in [2.24, 2.45) is 0 Å². The highest BCUT2D eigenvalue weighted by atomic mass is 35.5. The van der Waals surface area contributed by atoms with Crippen molar-refractivity contribution in [3.63, 3.8) is 0 Å². The molecule has 0 aromatic heterocycles. The largest absolute Gasteiger partial charge is 0.298 e. The molecule has 0 unspecified atom stereocenters. The van der Waals surface area contributed by atoms with E-state index in [1.807, 2.05) is 0 Å². The summed E-state index contributed by atoms with van der Waals surface area (Å²) >= 11 is 5.41. The van der Waals surface area contributed by atoms with Crippen molar-refractivity contribution in [1.29, 1.82) is 0 Å². The second-order valence-electron chi connectivity index (χ2n) is 4.08. The molecule has 86 valence electrons. The molecule has 0 saturated heterocycles. The molecule has 0 aliphatic rings. The van der Waals surface area contributed by atoms with Gasteiger partial charge in [0.1, 0.15) is 5.78 Å². The Kier molecular flexibility index (Phi) is 8.40. The van der Waals surface area contributed by atoms with Gasteiger partial charge in [0.05, 0.1) is 5.88 Å². The van der Waals surface area contributed by atoms with Crippen LogP contribution in [0, 0.1) is 0 Å². The molecule has 2 heteroatoms. The molecular formula is C13H21ClO. The lowest BCUT2D eigenvalue weighted by atomic mass is 10.1. The minimum absolute atomic E-state index is 0.130. The van der Waals surface area contributed by atoms with Crippen molar-refractivity contribution in [3.8, 4) is 0 Å². The molecule has 0 N–H and O–H groups in total. The second kappa shape index (κ2) is 8.72. The summed E-state index contributed by atoms with van der Waals surface area (Å²) in [5, 5.41) is 0. The molecule has 0 saturated carbocycles. The lowest BCUT2D eigenvalue weighted by molar-refractivity contribution is -0.116. The molecule has 0 aromatic carbocycles. The van der Waals surface area contributed by atoms with Crippen molar-refractivity contribution < 1.29 is 4.79 Å². The molecule has 0 fully saturated rings. The number of Topliss-reactive ketones (excluding diaryl/α,β-unsaturated/α-hetero) is 1. The van der Waals surface area contributed by atoms with Crippen LogP contribution in [0.3, 0.4) is 0 Å². The minimum atomic E-state index is 0.130. The Bertz CT molecular complexity index is 247. The summed E-state index contributed by atoms with van der Waals surface area (Å²) in [7, 11) is 0. The summed E-state index contributed by atoms with van der Waals surface area (Å²) in [4.78, 5) is 10.9. The van der Waals surface area contributed by atoms with Crippen LogP contribution in [0.4, 0.5) is 0 Å². The normalized spacial score (nSPS) is 11.3. The summed E-state index contributed by atoms with van der Waals surface area (Å²) in [5.41, 5.74) is 2.72. The van der Waals surface area contributed by atoms with Gasteiger partial charge in [-0.25, -0.2) is 0 Å². The van der Waals surface area contributed by atoms with Crippen molar-refractivity contribution >= 4 is 17.4 Å². The lowest BCUT2D eigenvalue weighted by Crippen LogP contribution is -1.97. The van der Waals surface area contributed by atoms with Crippen LogP contribution < -0.4 is 0 Å².